The van der Waals surface area contributed by atoms with Crippen LogP contribution in [-0.4, -0.2) is 55.4 Å². The van der Waals surface area contributed by atoms with Crippen molar-refractivity contribution in [3.63, 3.8) is 0 Å². The van der Waals surface area contributed by atoms with Crippen molar-refractivity contribution >= 4 is 21.9 Å². The molecule has 6 heteroatoms. The minimum absolute atomic E-state index is 0.121. The van der Waals surface area contributed by atoms with Crippen LogP contribution in [-0.2, 0) is 19.9 Å². The van der Waals surface area contributed by atoms with E-state index in [-0.39, 0.29) is 19.1 Å². The Balaban J connectivity index is 1.77. The van der Waals surface area contributed by atoms with Gasteiger partial charge in [-0.05, 0) is 49.5 Å². The number of rotatable bonds is 6. The quantitative estimate of drug-likeness (QED) is 0.746. The fraction of sp³-hybridized carbons (Fsp3) is 0.611. The number of benzene rings is 1. The maximum Gasteiger partial charge on any atom is 0.343 e. The molecule has 3 heterocycles. The number of carbonyl (C=O) groups excluding carboxylic acids is 1. The summed E-state index contributed by atoms with van der Waals surface area (Å²) in [5, 5.41) is 11.1. The molecule has 5 nitrogen and oxygen atoms in total. The van der Waals surface area contributed by atoms with Crippen molar-refractivity contribution in [1.82, 2.24) is 4.90 Å². The summed E-state index contributed by atoms with van der Waals surface area (Å²) in [4.78, 5) is 15.2. The zero-order chi connectivity index (χ0) is 17.2. The lowest BCUT2D eigenvalue weighted by atomic mass is 9.85. The third-order valence-corrected chi connectivity index (χ3v) is 5.71. The van der Waals surface area contributed by atoms with Gasteiger partial charge in [0.25, 0.3) is 0 Å². The molecule has 3 saturated heterocycles. The first kappa shape index (κ1) is 17.9. The van der Waals surface area contributed by atoms with Gasteiger partial charge in [0, 0.05) is 31.2 Å². The average Bonchev–Trinajstić information content (AvgIpc) is 2.61. The van der Waals surface area contributed by atoms with E-state index in [1.807, 2.05) is 12.1 Å². The van der Waals surface area contributed by atoms with E-state index in [2.05, 4.69) is 20.8 Å². The van der Waals surface area contributed by atoms with Gasteiger partial charge in [-0.3, -0.25) is 4.90 Å². The summed E-state index contributed by atoms with van der Waals surface area (Å²) in [6.45, 7) is 3.22. The predicted molar refractivity (Wildman–Crippen MR) is 93.6 cm³/mol. The normalized spacial score (nSPS) is 28.4. The van der Waals surface area contributed by atoms with Crippen molar-refractivity contribution in [3.8, 4) is 0 Å². The summed E-state index contributed by atoms with van der Waals surface area (Å²) < 4.78 is 11.8. The molecule has 0 aliphatic carbocycles. The van der Waals surface area contributed by atoms with Crippen LogP contribution in [0.2, 0.25) is 0 Å². The smallest absolute Gasteiger partial charge is 0.343 e. The van der Waals surface area contributed by atoms with Crippen molar-refractivity contribution in [1.29, 1.82) is 0 Å². The molecule has 0 radical (unpaired) electrons. The van der Waals surface area contributed by atoms with E-state index in [4.69, 9.17) is 9.47 Å². The molecule has 1 N–H and O–H groups in total. The summed E-state index contributed by atoms with van der Waals surface area (Å²) >= 11 is 3.38. The molecule has 3 fully saturated rings. The second kappa shape index (κ2) is 7.52. The second-order valence-corrected chi connectivity index (χ2v) is 7.61. The van der Waals surface area contributed by atoms with Crippen LogP contribution < -0.4 is 0 Å². The zero-order valence-electron chi connectivity index (χ0n) is 13.9. The number of ether oxygens (including phenoxy) is 2. The molecule has 2 unspecified atom stereocenters. The Labute approximate surface area is 151 Å². The van der Waals surface area contributed by atoms with Gasteiger partial charge in [-0.15, -0.1) is 0 Å². The van der Waals surface area contributed by atoms with Crippen LogP contribution in [0, 0.1) is 5.92 Å². The summed E-state index contributed by atoms with van der Waals surface area (Å²) in [5.41, 5.74) is -1.14. The van der Waals surface area contributed by atoms with Gasteiger partial charge in [0.15, 0.2) is 5.60 Å². The third kappa shape index (κ3) is 3.67. The van der Waals surface area contributed by atoms with E-state index in [0.29, 0.717) is 11.5 Å². The summed E-state index contributed by atoms with van der Waals surface area (Å²) in [6, 6.07) is 7.12. The Hall–Kier alpha value is -0.950. The molecule has 1 aromatic carbocycles. The lowest BCUT2D eigenvalue weighted by Gasteiger charge is -2.44. The van der Waals surface area contributed by atoms with E-state index in [9.17, 15) is 9.90 Å². The minimum Gasteiger partial charge on any atom is -0.458 e. The Morgan fingerprint density at radius 3 is 2.54 bits per heavy atom. The van der Waals surface area contributed by atoms with Gasteiger partial charge in [0.05, 0.1) is 0 Å². The number of hydrogen-bond acceptors (Lipinski definition) is 5. The molecular weight excluding hydrogens is 374 g/mol. The molecule has 3 aliphatic rings. The largest absolute Gasteiger partial charge is 0.458 e. The van der Waals surface area contributed by atoms with E-state index in [1.165, 1.54) is 0 Å². The highest BCUT2D eigenvalue weighted by atomic mass is 79.9. The fourth-order valence-corrected chi connectivity index (χ4v) is 3.88. The first-order valence-electron chi connectivity index (χ1n) is 8.44. The van der Waals surface area contributed by atoms with Crippen LogP contribution in [0.5, 0.6) is 0 Å². The van der Waals surface area contributed by atoms with Crippen LogP contribution in [0.15, 0.2) is 28.7 Å². The minimum atomic E-state index is -1.68. The number of nitrogens with zero attached hydrogens (tertiary/aromatic N) is 1. The molecule has 0 spiro atoms. The molecule has 24 heavy (non-hydrogen) atoms. The first-order valence-corrected chi connectivity index (χ1v) is 9.23. The maximum absolute atomic E-state index is 12.8. The molecular formula is C18H24BrNO4. The van der Waals surface area contributed by atoms with Gasteiger partial charge in [-0.25, -0.2) is 4.79 Å². The summed E-state index contributed by atoms with van der Waals surface area (Å²) in [7, 11) is 1.56. The summed E-state index contributed by atoms with van der Waals surface area (Å²) in [5.74, 6) is -0.156. The van der Waals surface area contributed by atoms with Crippen LogP contribution >= 0.6 is 15.9 Å². The third-order valence-electron chi connectivity index (χ3n) is 5.18. The van der Waals surface area contributed by atoms with E-state index < -0.39 is 11.6 Å². The van der Waals surface area contributed by atoms with Gasteiger partial charge < -0.3 is 14.6 Å². The van der Waals surface area contributed by atoms with Gasteiger partial charge in [-0.1, -0.05) is 28.1 Å². The van der Waals surface area contributed by atoms with Crippen LogP contribution in [0.4, 0.5) is 0 Å². The molecule has 2 atom stereocenters. The highest BCUT2D eigenvalue weighted by Gasteiger charge is 2.43. The number of carbonyl (C=O) groups is 1. The topological polar surface area (TPSA) is 59.0 Å². The monoisotopic (exact) mass is 397 g/mol. The summed E-state index contributed by atoms with van der Waals surface area (Å²) in [6.07, 6.45) is 2.18. The van der Waals surface area contributed by atoms with Gasteiger partial charge >= 0.3 is 5.97 Å². The lowest BCUT2D eigenvalue weighted by molar-refractivity contribution is -0.183. The first-order chi connectivity index (χ1) is 11.5. The van der Waals surface area contributed by atoms with E-state index >= 15 is 0 Å². The number of aliphatic hydroxyl groups is 1. The van der Waals surface area contributed by atoms with Gasteiger partial charge in [0.2, 0.25) is 0 Å². The van der Waals surface area contributed by atoms with Gasteiger partial charge in [0.1, 0.15) is 6.10 Å². The molecule has 4 rings (SSSR count). The highest BCUT2D eigenvalue weighted by molar-refractivity contribution is 9.10. The Bertz CT molecular complexity index is 571. The van der Waals surface area contributed by atoms with Crippen LogP contribution in [0.3, 0.4) is 0 Å². The zero-order valence-corrected chi connectivity index (χ0v) is 15.5. The number of methoxy groups -OCH3 is 1. The van der Waals surface area contributed by atoms with Crippen LogP contribution in [0.1, 0.15) is 24.8 Å². The number of fused-ring (bicyclic) bond motifs is 3. The molecule has 3 aliphatic heterocycles. The number of piperidine rings is 3. The van der Waals surface area contributed by atoms with E-state index in [0.717, 1.165) is 36.9 Å². The number of halogens is 1. The second-order valence-electron chi connectivity index (χ2n) is 6.69. The Kier molecular flexibility index (Phi) is 5.59. The van der Waals surface area contributed by atoms with Crippen molar-refractivity contribution in [3.05, 3.63) is 34.3 Å². The van der Waals surface area contributed by atoms with Crippen molar-refractivity contribution in [2.45, 2.75) is 31.0 Å². The fourth-order valence-electron chi connectivity index (χ4n) is 3.62. The molecule has 2 bridgehead atoms. The highest BCUT2D eigenvalue weighted by Crippen LogP contribution is 2.33. The lowest BCUT2D eigenvalue weighted by Crippen LogP contribution is -2.53. The van der Waals surface area contributed by atoms with Crippen molar-refractivity contribution < 1.29 is 19.4 Å². The average molecular weight is 398 g/mol. The van der Waals surface area contributed by atoms with E-state index in [1.54, 1.807) is 19.2 Å². The van der Waals surface area contributed by atoms with Crippen molar-refractivity contribution in [2.75, 3.05) is 33.4 Å². The Morgan fingerprint density at radius 2 is 2.00 bits per heavy atom. The molecule has 1 aromatic rings. The maximum atomic E-state index is 12.8. The standard InChI is InChI=1S/C18H24BrNO4/c1-23-11-8-18(22,14-2-4-15(19)5-3-14)17(21)24-16-12-20-9-6-13(16)7-10-20/h2-5,13,16,22H,6-12H2,1H3. The molecule has 132 valence electrons. The van der Waals surface area contributed by atoms with Crippen molar-refractivity contribution in [2.24, 2.45) is 5.92 Å². The van der Waals surface area contributed by atoms with Gasteiger partial charge in [-0.2, -0.15) is 0 Å². The molecule has 0 aromatic heterocycles. The number of hydrogen-bond donors (Lipinski definition) is 1. The predicted octanol–water partition coefficient (Wildman–Crippen LogP) is 2.31. The van der Waals surface area contributed by atoms with Crippen LogP contribution in [0.25, 0.3) is 0 Å². The SMILES string of the molecule is COCCC(O)(C(=O)OC1CN2CCC1CC2)c1ccc(Br)cc1. The molecule has 0 amide bonds. The Morgan fingerprint density at radius 1 is 1.33 bits per heavy atom. The number of esters is 1. The molecule has 0 saturated carbocycles.